The van der Waals surface area contributed by atoms with E-state index in [1.54, 1.807) is 18.4 Å². The Morgan fingerprint density at radius 2 is 2.05 bits per heavy atom. The maximum atomic E-state index is 5.01. The fraction of sp³-hybridized carbons (Fsp3) is 0.333. The molecule has 0 aliphatic heterocycles. The second-order valence-electron chi connectivity index (χ2n) is 4.29. The van der Waals surface area contributed by atoms with Gasteiger partial charge >= 0.3 is 0 Å². The predicted molar refractivity (Wildman–Crippen MR) is 91.6 cm³/mol. The Bertz CT molecular complexity index is 513. The van der Waals surface area contributed by atoms with Crippen LogP contribution in [-0.4, -0.2) is 20.3 Å². The molecule has 0 amide bonds. The van der Waals surface area contributed by atoms with E-state index < -0.39 is 0 Å². The summed E-state index contributed by atoms with van der Waals surface area (Å²) in [5.74, 6) is 1.02. The van der Waals surface area contributed by atoms with Crippen LogP contribution in [0.1, 0.15) is 10.4 Å². The number of benzene rings is 1. The van der Waals surface area contributed by atoms with Crippen molar-refractivity contribution < 1.29 is 4.74 Å². The van der Waals surface area contributed by atoms with Gasteiger partial charge in [-0.05, 0) is 45.1 Å². The number of ether oxygens (including phenoxy) is 1. The molecule has 0 bridgehead atoms. The molecule has 1 aromatic carbocycles. The number of thiophene rings is 1. The molecular weight excluding hydrogens is 354 g/mol. The van der Waals surface area contributed by atoms with Crippen molar-refractivity contribution in [2.75, 3.05) is 20.3 Å². The SMILES string of the molecule is COCCNCc1ccc(SCc2sccc2Br)cc1. The number of methoxy groups -OCH3 is 1. The molecular formula is C15H18BrNOS2. The summed E-state index contributed by atoms with van der Waals surface area (Å²) in [6.07, 6.45) is 0. The summed E-state index contributed by atoms with van der Waals surface area (Å²) in [6, 6.07) is 10.9. The van der Waals surface area contributed by atoms with Gasteiger partial charge in [-0.2, -0.15) is 0 Å². The molecule has 0 aliphatic carbocycles. The van der Waals surface area contributed by atoms with Crippen LogP contribution in [0, 0.1) is 0 Å². The number of rotatable bonds is 8. The first-order valence-corrected chi connectivity index (χ1v) is 9.08. The zero-order valence-electron chi connectivity index (χ0n) is 11.4. The van der Waals surface area contributed by atoms with E-state index in [2.05, 4.69) is 57.0 Å². The van der Waals surface area contributed by atoms with E-state index >= 15 is 0 Å². The van der Waals surface area contributed by atoms with Crippen molar-refractivity contribution in [3.05, 3.63) is 50.6 Å². The molecule has 2 aromatic rings. The topological polar surface area (TPSA) is 21.3 Å². The van der Waals surface area contributed by atoms with Gasteiger partial charge in [0, 0.05) is 40.2 Å². The quantitative estimate of drug-likeness (QED) is 0.543. The lowest BCUT2D eigenvalue weighted by atomic mass is 10.2. The Labute approximate surface area is 137 Å². The molecule has 0 spiro atoms. The summed E-state index contributed by atoms with van der Waals surface area (Å²) >= 11 is 7.24. The normalized spacial score (nSPS) is 10.9. The maximum Gasteiger partial charge on any atom is 0.0587 e. The zero-order valence-corrected chi connectivity index (χ0v) is 14.6. The minimum atomic E-state index is 0.754. The minimum absolute atomic E-state index is 0.754. The lowest BCUT2D eigenvalue weighted by Crippen LogP contribution is -2.18. The highest BCUT2D eigenvalue weighted by Crippen LogP contribution is 2.30. The van der Waals surface area contributed by atoms with E-state index in [4.69, 9.17) is 4.74 Å². The van der Waals surface area contributed by atoms with Crippen molar-refractivity contribution in [1.82, 2.24) is 5.32 Å². The molecule has 108 valence electrons. The molecule has 20 heavy (non-hydrogen) atoms. The number of hydrogen-bond donors (Lipinski definition) is 1. The van der Waals surface area contributed by atoms with Gasteiger partial charge in [0.25, 0.3) is 0 Å². The number of thioether (sulfide) groups is 1. The van der Waals surface area contributed by atoms with E-state index in [-0.39, 0.29) is 0 Å². The monoisotopic (exact) mass is 371 g/mol. The van der Waals surface area contributed by atoms with E-state index in [9.17, 15) is 0 Å². The molecule has 2 rings (SSSR count). The Kier molecular flexibility index (Phi) is 7.10. The van der Waals surface area contributed by atoms with Gasteiger partial charge < -0.3 is 10.1 Å². The summed E-state index contributed by atoms with van der Waals surface area (Å²) in [5, 5.41) is 5.47. The van der Waals surface area contributed by atoms with Crippen LogP contribution in [0.25, 0.3) is 0 Å². The molecule has 0 radical (unpaired) electrons. The second kappa shape index (κ2) is 8.85. The van der Waals surface area contributed by atoms with Crippen molar-refractivity contribution in [1.29, 1.82) is 0 Å². The van der Waals surface area contributed by atoms with Gasteiger partial charge in [-0.3, -0.25) is 0 Å². The van der Waals surface area contributed by atoms with Crippen LogP contribution in [0.2, 0.25) is 0 Å². The van der Waals surface area contributed by atoms with Crippen LogP contribution in [0.5, 0.6) is 0 Å². The van der Waals surface area contributed by atoms with Crippen molar-refractivity contribution in [3.8, 4) is 0 Å². The standard InChI is InChI=1S/C15H18BrNOS2/c1-18-8-7-17-10-12-2-4-13(5-3-12)20-11-15-14(16)6-9-19-15/h2-6,9,17H,7-8,10-11H2,1H3. The summed E-state index contributed by atoms with van der Waals surface area (Å²) in [6.45, 7) is 2.54. The highest BCUT2D eigenvalue weighted by molar-refractivity contribution is 9.10. The van der Waals surface area contributed by atoms with E-state index in [1.807, 2.05) is 11.8 Å². The summed E-state index contributed by atoms with van der Waals surface area (Å²) < 4.78 is 6.22. The molecule has 1 N–H and O–H groups in total. The third-order valence-corrected chi connectivity index (χ3v) is 5.94. The summed E-state index contributed by atoms with van der Waals surface area (Å²) in [4.78, 5) is 2.70. The molecule has 0 unspecified atom stereocenters. The van der Waals surface area contributed by atoms with Gasteiger partial charge in [-0.15, -0.1) is 23.1 Å². The van der Waals surface area contributed by atoms with Gasteiger partial charge in [-0.25, -0.2) is 0 Å². The molecule has 0 saturated carbocycles. The summed E-state index contributed by atoms with van der Waals surface area (Å²) in [7, 11) is 1.72. The van der Waals surface area contributed by atoms with Crippen LogP contribution >= 0.6 is 39.0 Å². The highest BCUT2D eigenvalue weighted by Gasteiger charge is 2.02. The zero-order chi connectivity index (χ0) is 14.2. The fourth-order valence-corrected chi connectivity index (χ4v) is 4.38. The fourth-order valence-electron chi connectivity index (χ4n) is 1.69. The third-order valence-electron chi connectivity index (χ3n) is 2.80. The smallest absolute Gasteiger partial charge is 0.0587 e. The van der Waals surface area contributed by atoms with Crippen LogP contribution in [-0.2, 0) is 17.0 Å². The van der Waals surface area contributed by atoms with Crippen molar-refractivity contribution in [3.63, 3.8) is 0 Å². The lowest BCUT2D eigenvalue weighted by molar-refractivity contribution is 0.199. The molecule has 5 heteroatoms. The number of halogens is 1. The molecule has 1 heterocycles. The predicted octanol–water partition coefficient (Wildman–Crippen LogP) is 4.54. The maximum absolute atomic E-state index is 5.01. The minimum Gasteiger partial charge on any atom is -0.383 e. The Morgan fingerprint density at radius 3 is 2.70 bits per heavy atom. The van der Waals surface area contributed by atoms with E-state index in [1.165, 1.54) is 19.8 Å². The lowest BCUT2D eigenvalue weighted by Gasteiger charge is -2.06. The second-order valence-corrected chi connectivity index (χ2v) is 7.20. The number of hydrogen-bond acceptors (Lipinski definition) is 4. The molecule has 0 atom stereocenters. The van der Waals surface area contributed by atoms with Gasteiger partial charge in [-0.1, -0.05) is 12.1 Å². The molecule has 0 saturated heterocycles. The molecule has 0 fully saturated rings. The first kappa shape index (κ1) is 16.0. The van der Waals surface area contributed by atoms with Crippen LogP contribution < -0.4 is 5.32 Å². The van der Waals surface area contributed by atoms with Gasteiger partial charge in [0.05, 0.1) is 6.61 Å². The molecule has 1 aromatic heterocycles. The average Bonchev–Trinajstić information content (AvgIpc) is 2.88. The largest absolute Gasteiger partial charge is 0.383 e. The van der Waals surface area contributed by atoms with Crippen molar-refractivity contribution in [2.45, 2.75) is 17.2 Å². The van der Waals surface area contributed by atoms with Gasteiger partial charge in [0.15, 0.2) is 0 Å². The van der Waals surface area contributed by atoms with E-state index in [0.717, 1.165) is 25.4 Å². The van der Waals surface area contributed by atoms with Crippen LogP contribution in [0.3, 0.4) is 0 Å². The van der Waals surface area contributed by atoms with Crippen LogP contribution in [0.15, 0.2) is 45.1 Å². The Balaban J connectivity index is 1.78. The van der Waals surface area contributed by atoms with E-state index in [0.29, 0.717) is 0 Å². The van der Waals surface area contributed by atoms with Crippen LogP contribution in [0.4, 0.5) is 0 Å². The van der Waals surface area contributed by atoms with Gasteiger partial charge in [0.1, 0.15) is 0 Å². The number of nitrogens with one attached hydrogen (secondary N) is 1. The third kappa shape index (κ3) is 5.22. The highest BCUT2D eigenvalue weighted by atomic mass is 79.9. The Morgan fingerprint density at radius 1 is 1.25 bits per heavy atom. The average molecular weight is 372 g/mol. The van der Waals surface area contributed by atoms with Crippen molar-refractivity contribution in [2.24, 2.45) is 0 Å². The van der Waals surface area contributed by atoms with Gasteiger partial charge in [0.2, 0.25) is 0 Å². The Hall–Kier alpha value is -0.330. The first-order chi connectivity index (χ1) is 9.79. The molecule has 0 aliphatic rings. The summed E-state index contributed by atoms with van der Waals surface area (Å²) in [5.41, 5.74) is 1.31. The molecule has 2 nitrogen and oxygen atoms in total. The van der Waals surface area contributed by atoms with Crippen molar-refractivity contribution >= 4 is 39.0 Å². The first-order valence-electron chi connectivity index (χ1n) is 6.43.